The van der Waals surface area contributed by atoms with Crippen LogP contribution in [0.25, 0.3) is 11.1 Å². The van der Waals surface area contributed by atoms with Gasteiger partial charge in [0.15, 0.2) is 0 Å². The second-order valence-corrected chi connectivity index (χ2v) is 6.95. The number of primary amides is 1. The van der Waals surface area contributed by atoms with Gasteiger partial charge in [0.25, 0.3) is 11.8 Å². The van der Waals surface area contributed by atoms with Crippen LogP contribution in [0.3, 0.4) is 0 Å². The fourth-order valence-electron chi connectivity index (χ4n) is 3.56. The normalized spacial score (nSPS) is 15.0. The van der Waals surface area contributed by atoms with Crippen molar-refractivity contribution in [2.75, 3.05) is 13.1 Å². The van der Waals surface area contributed by atoms with Crippen LogP contribution in [-0.2, 0) is 0 Å². The molecule has 3 heterocycles. The number of aromatic nitrogens is 3. The van der Waals surface area contributed by atoms with E-state index in [0.29, 0.717) is 18.8 Å². The van der Waals surface area contributed by atoms with Gasteiger partial charge in [0.05, 0.1) is 0 Å². The van der Waals surface area contributed by atoms with E-state index in [2.05, 4.69) is 15.2 Å². The van der Waals surface area contributed by atoms with E-state index in [1.54, 1.807) is 30.5 Å². The van der Waals surface area contributed by atoms with Crippen molar-refractivity contribution in [1.82, 2.24) is 20.1 Å². The first-order valence-corrected chi connectivity index (χ1v) is 9.10. The molecule has 1 aliphatic heterocycles. The van der Waals surface area contributed by atoms with Gasteiger partial charge in [0.2, 0.25) is 0 Å². The van der Waals surface area contributed by atoms with Crippen molar-refractivity contribution in [2.24, 2.45) is 5.73 Å². The highest BCUT2D eigenvalue weighted by molar-refractivity contribution is 5.94. The monoisotopic (exact) mass is 381 g/mol. The molecule has 8 heteroatoms. The van der Waals surface area contributed by atoms with Crippen molar-refractivity contribution in [2.45, 2.75) is 18.8 Å². The molecule has 144 valence electrons. The first-order valence-electron chi connectivity index (χ1n) is 9.10. The summed E-state index contributed by atoms with van der Waals surface area (Å²) in [5.41, 5.74) is 8.54. The minimum Gasteiger partial charge on any atom is -0.364 e. The molecule has 0 atom stereocenters. The van der Waals surface area contributed by atoms with Crippen molar-refractivity contribution < 1.29 is 14.0 Å². The molecule has 1 fully saturated rings. The third-order valence-electron chi connectivity index (χ3n) is 5.16. The molecule has 2 aromatic heterocycles. The lowest BCUT2D eigenvalue weighted by Gasteiger charge is -2.31. The molecule has 4 rings (SSSR count). The number of carbonyl (C=O) groups excluding carboxylic acids is 2. The molecular formula is C20H20FN5O2. The van der Waals surface area contributed by atoms with Gasteiger partial charge in [-0.15, -0.1) is 0 Å². The number of piperidine rings is 1. The molecule has 0 spiro atoms. The Morgan fingerprint density at radius 2 is 1.82 bits per heavy atom. The minimum absolute atomic E-state index is 0.0609. The molecule has 0 bridgehead atoms. The second-order valence-electron chi connectivity index (χ2n) is 6.95. The van der Waals surface area contributed by atoms with E-state index < -0.39 is 5.91 Å². The van der Waals surface area contributed by atoms with E-state index in [1.807, 2.05) is 4.90 Å². The Morgan fingerprint density at radius 3 is 2.46 bits per heavy atom. The summed E-state index contributed by atoms with van der Waals surface area (Å²) in [6.45, 7) is 1.22. The minimum atomic E-state index is -0.557. The van der Waals surface area contributed by atoms with E-state index >= 15 is 0 Å². The van der Waals surface area contributed by atoms with Gasteiger partial charge in [0.1, 0.15) is 17.2 Å². The number of nitrogens with two attached hydrogens (primary N) is 1. The van der Waals surface area contributed by atoms with Crippen LogP contribution in [0.5, 0.6) is 0 Å². The zero-order valence-electron chi connectivity index (χ0n) is 15.1. The fraction of sp³-hybridized carbons (Fsp3) is 0.250. The number of likely N-dealkylation sites (tertiary alicyclic amines) is 1. The lowest BCUT2D eigenvalue weighted by atomic mass is 9.93. The van der Waals surface area contributed by atoms with Gasteiger partial charge < -0.3 is 15.6 Å². The van der Waals surface area contributed by atoms with E-state index in [9.17, 15) is 14.0 Å². The zero-order valence-corrected chi connectivity index (χ0v) is 15.1. The number of carbonyl (C=O) groups is 2. The third-order valence-corrected chi connectivity index (χ3v) is 5.16. The quantitative estimate of drug-likeness (QED) is 0.646. The Morgan fingerprint density at radius 1 is 1.11 bits per heavy atom. The molecule has 1 aliphatic rings. The number of H-pyrrole nitrogens is 2. The number of benzene rings is 1. The predicted octanol–water partition coefficient (Wildman–Crippen LogP) is 2.66. The summed E-state index contributed by atoms with van der Waals surface area (Å²) in [5, 5.41) is 6.79. The molecule has 0 unspecified atom stereocenters. The van der Waals surface area contributed by atoms with Crippen LogP contribution in [-0.4, -0.2) is 45.0 Å². The SMILES string of the molecule is NC(=O)c1cc(C2CCN(C(=O)c3cc(-c4ccc(F)cc4)c[nH]3)CC2)[nH]n1. The number of amides is 2. The van der Waals surface area contributed by atoms with Crippen LogP contribution in [0.4, 0.5) is 4.39 Å². The van der Waals surface area contributed by atoms with Gasteiger partial charge in [-0.3, -0.25) is 14.7 Å². The largest absolute Gasteiger partial charge is 0.364 e. The second kappa shape index (κ2) is 7.30. The smallest absolute Gasteiger partial charge is 0.270 e. The molecule has 0 aliphatic carbocycles. The Balaban J connectivity index is 1.40. The average molecular weight is 381 g/mol. The highest BCUT2D eigenvalue weighted by Crippen LogP contribution is 2.28. The Kier molecular flexibility index (Phi) is 4.68. The lowest BCUT2D eigenvalue weighted by molar-refractivity contribution is 0.0706. The zero-order chi connectivity index (χ0) is 19.7. The van der Waals surface area contributed by atoms with Crippen molar-refractivity contribution in [3.8, 4) is 11.1 Å². The molecule has 28 heavy (non-hydrogen) atoms. The van der Waals surface area contributed by atoms with Crippen molar-refractivity contribution in [3.05, 3.63) is 65.5 Å². The highest BCUT2D eigenvalue weighted by atomic mass is 19.1. The van der Waals surface area contributed by atoms with Gasteiger partial charge in [-0.25, -0.2) is 4.39 Å². The van der Waals surface area contributed by atoms with Crippen LogP contribution < -0.4 is 5.73 Å². The van der Waals surface area contributed by atoms with Gasteiger partial charge in [0, 0.05) is 30.9 Å². The number of rotatable bonds is 4. The Labute approximate surface area is 160 Å². The van der Waals surface area contributed by atoms with Gasteiger partial charge >= 0.3 is 0 Å². The summed E-state index contributed by atoms with van der Waals surface area (Å²) in [4.78, 5) is 28.8. The summed E-state index contributed by atoms with van der Waals surface area (Å²) >= 11 is 0. The highest BCUT2D eigenvalue weighted by Gasteiger charge is 2.26. The molecule has 2 amide bonds. The molecule has 1 saturated heterocycles. The average Bonchev–Trinajstić information content (AvgIpc) is 3.38. The molecule has 4 N–H and O–H groups in total. The van der Waals surface area contributed by atoms with Gasteiger partial charge in [-0.2, -0.15) is 5.10 Å². The summed E-state index contributed by atoms with van der Waals surface area (Å²) in [6.07, 6.45) is 3.30. The van der Waals surface area contributed by atoms with Crippen molar-refractivity contribution in [3.63, 3.8) is 0 Å². The molecule has 7 nitrogen and oxygen atoms in total. The van der Waals surface area contributed by atoms with Crippen molar-refractivity contribution in [1.29, 1.82) is 0 Å². The van der Waals surface area contributed by atoms with E-state index in [0.717, 1.165) is 29.7 Å². The maximum Gasteiger partial charge on any atom is 0.270 e. The summed E-state index contributed by atoms with van der Waals surface area (Å²) < 4.78 is 13.1. The van der Waals surface area contributed by atoms with Crippen molar-refractivity contribution >= 4 is 11.8 Å². The summed E-state index contributed by atoms with van der Waals surface area (Å²) in [5.74, 6) is -0.699. The standard InChI is InChI=1S/C20H20FN5O2/c21-15-3-1-12(2-4-15)14-9-18(23-11-14)20(28)26-7-5-13(6-8-26)16-10-17(19(22)27)25-24-16/h1-4,9-11,13,23H,5-8H2,(H2,22,27)(H,24,25). The van der Waals surface area contributed by atoms with E-state index in [4.69, 9.17) is 5.73 Å². The topological polar surface area (TPSA) is 108 Å². The van der Waals surface area contributed by atoms with Gasteiger partial charge in [-0.1, -0.05) is 12.1 Å². The van der Waals surface area contributed by atoms with Crippen LogP contribution in [0.1, 0.15) is 45.4 Å². The first-order chi connectivity index (χ1) is 13.5. The third kappa shape index (κ3) is 3.53. The molecule has 0 radical (unpaired) electrons. The maximum absolute atomic E-state index is 13.1. The Hall–Kier alpha value is -3.42. The Bertz CT molecular complexity index is 1000. The molecule has 1 aromatic carbocycles. The number of hydrogen-bond acceptors (Lipinski definition) is 3. The van der Waals surface area contributed by atoms with E-state index in [-0.39, 0.29) is 23.3 Å². The molecule has 3 aromatic rings. The number of hydrogen-bond donors (Lipinski definition) is 3. The maximum atomic E-state index is 13.1. The van der Waals surface area contributed by atoms with E-state index in [1.165, 1.54) is 12.1 Å². The summed E-state index contributed by atoms with van der Waals surface area (Å²) in [7, 11) is 0. The molecule has 0 saturated carbocycles. The number of nitrogens with one attached hydrogen (secondary N) is 2. The lowest BCUT2D eigenvalue weighted by Crippen LogP contribution is -2.38. The number of nitrogens with zero attached hydrogens (tertiary/aromatic N) is 2. The first kappa shape index (κ1) is 18.0. The number of halogens is 1. The van der Waals surface area contributed by atoms with Crippen LogP contribution in [0, 0.1) is 5.82 Å². The number of aromatic amines is 2. The fourth-order valence-corrected chi connectivity index (χ4v) is 3.56. The van der Waals surface area contributed by atoms with Crippen LogP contribution in [0.15, 0.2) is 42.6 Å². The molecular weight excluding hydrogens is 361 g/mol. The summed E-state index contributed by atoms with van der Waals surface area (Å²) in [6, 6.07) is 9.63. The predicted molar refractivity (Wildman–Crippen MR) is 101 cm³/mol. The van der Waals surface area contributed by atoms with Gasteiger partial charge in [-0.05, 0) is 48.2 Å². The van der Waals surface area contributed by atoms with Crippen LogP contribution >= 0.6 is 0 Å². The van der Waals surface area contributed by atoms with Crippen LogP contribution in [0.2, 0.25) is 0 Å².